The van der Waals surface area contributed by atoms with Gasteiger partial charge in [0.15, 0.2) is 0 Å². The van der Waals surface area contributed by atoms with Crippen molar-refractivity contribution in [2.45, 2.75) is 37.8 Å². The minimum atomic E-state index is 0.0438. The van der Waals surface area contributed by atoms with E-state index in [4.69, 9.17) is 5.73 Å². The van der Waals surface area contributed by atoms with Crippen LogP contribution in [0, 0.1) is 0 Å². The molecule has 1 atom stereocenters. The highest BCUT2D eigenvalue weighted by atomic mass is 15.3. The van der Waals surface area contributed by atoms with Crippen LogP contribution in [-0.2, 0) is 12.0 Å². The van der Waals surface area contributed by atoms with Crippen LogP contribution in [-0.4, -0.2) is 9.78 Å². The van der Waals surface area contributed by atoms with Crippen molar-refractivity contribution in [3.05, 3.63) is 53.9 Å². The van der Waals surface area contributed by atoms with Crippen LogP contribution in [0.4, 0.5) is 0 Å². The average Bonchev–Trinajstić information content (AvgIpc) is 3.10. The molecular formula is C15H19N3. The second-order valence-corrected chi connectivity index (χ2v) is 5.07. The van der Waals surface area contributed by atoms with Crippen LogP contribution < -0.4 is 5.73 Å². The van der Waals surface area contributed by atoms with Crippen molar-refractivity contribution >= 4 is 0 Å². The zero-order valence-corrected chi connectivity index (χ0v) is 10.7. The third kappa shape index (κ3) is 1.66. The van der Waals surface area contributed by atoms with Crippen LogP contribution >= 0.6 is 0 Å². The predicted octanol–water partition coefficient (Wildman–Crippen LogP) is 2.63. The fourth-order valence-corrected chi connectivity index (χ4v) is 2.84. The van der Waals surface area contributed by atoms with E-state index in [1.807, 2.05) is 10.9 Å². The van der Waals surface area contributed by atoms with Gasteiger partial charge < -0.3 is 5.73 Å². The van der Waals surface area contributed by atoms with Crippen molar-refractivity contribution in [3.8, 4) is 0 Å². The summed E-state index contributed by atoms with van der Waals surface area (Å²) >= 11 is 0. The topological polar surface area (TPSA) is 43.8 Å². The van der Waals surface area contributed by atoms with Crippen LogP contribution in [0.3, 0.4) is 0 Å². The summed E-state index contributed by atoms with van der Waals surface area (Å²) < 4.78 is 2.01. The van der Waals surface area contributed by atoms with Gasteiger partial charge in [-0.3, -0.25) is 4.68 Å². The summed E-state index contributed by atoms with van der Waals surface area (Å²) in [5.41, 5.74) is 9.17. The molecule has 0 saturated heterocycles. The van der Waals surface area contributed by atoms with Gasteiger partial charge in [-0.05, 0) is 31.4 Å². The molecule has 0 aliphatic heterocycles. The molecule has 1 heterocycles. The summed E-state index contributed by atoms with van der Waals surface area (Å²) in [6.45, 7) is 2.98. The lowest BCUT2D eigenvalue weighted by Gasteiger charge is -2.24. The number of nitrogens with two attached hydrogens (primary N) is 1. The number of rotatable bonds is 4. The smallest absolute Gasteiger partial charge is 0.0565 e. The first-order chi connectivity index (χ1) is 8.78. The maximum absolute atomic E-state index is 6.53. The molecule has 0 amide bonds. The quantitative estimate of drug-likeness (QED) is 0.894. The Morgan fingerprint density at radius 2 is 2.00 bits per heavy atom. The lowest BCUT2D eigenvalue weighted by molar-refractivity contribution is 0.485. The van der Waals surface area contributed by atoms with Gasteiger partial charge in [0.05, 0.1) is 11.7 Å². The molecule has 3 rings (SSSR count). The molecule has 2 aromatic rings. The molecule has 2 N–H and O–H groups in total. The van der Waals surface area contributed by atoms with Crippen molar-refractivity contribution in [2.24, 2.45) is 5.73 Å². The van der Waals surface area contributed by atoms with E-state index in [1.54, 1.807) is 0 Å². The number of aryl methyl sites for hydroxylation is 1. The predicted molar refractivity (Wildman–Crippen MR) is 72.2 cm³/mol. The highest BCUT2D eigenvalue weighted by Crippen LogP contribution is 2.55. The van der Waals surface area contributed by atoms with Crippen LogP contribution in [0.2, 0.25) is 0 Å². The summed E-state index contributed by atoms with van der Waals surface area (Å²) in [5.74, 6) is 0. The van der Waals surface area contributed by atoms with Gasteiger partial charge >= 0.3 is 0 Å². The average molecular weight is 241 g/mol. The Morgan fingerprint density at radius 1 is 1.28 bits per heavy atom. The molecule has 3 nitrogen and oxygen atoms in total. The maximum Gasteiger partial charge on any atom is 0.0565 e. The van der Waals surface area contributed by atoms with E-state index < -0.39 is 0 Å². The first kappa shape index (κ1) is 11.5. The lowest BCUT2D eigenvalue weighted by Crippen LogP contribution is -2.28. The third-order valence-electron chi connectivity index (χ3n) is 4.10. The number of benzene rings is 1. The first-order valence-corrected chi connectivity index (χ1v) is 6.61. The number of hydrogen-bond acceptors (Lipinski definition) is 2. The summed E-state index contributed by atoms with van der Waals surface area (Å²) in [6, 6.07) is 12.7. The molecule has 3 heteroatoms. The van der Waals surface area contributed by atoms with Gasteiger partial charge in [0, 0.05) is 18.2 Å². The molecule has 1 aliphatic carbocycles. The van der Waals surface area contributed by atoms with Crippen molar-refractivity contribution in [1.82, 2.24) is 9.78 Å². The van der Waals surface area contributed by atoms with Gasteiger partial charge in [-0.2, -0.15) is 5.10 Å². The van der Waals surface area contributed by atoms with E-state index in [0.717, 1.165) is 12.2 Å². The molecule has 1 aliphatic rings. The van der Waals surface area contributed by atoms with Gasteiger partial charge in [-0.25, -0.2) is 0 Å². The van der Waals surface area contributed by atoms with Crippen LogP contribution in [0.15, 0.2) is 42.6 Å². The van der Waals surface area contributed by atoms with E-state index in [9.17, 15) is 0 Å². The maximum atomic E-state index is 6.53. The number of aromatic nitrogens is 2. The van der Waals surface area contributed by atoms with Crippen LogP contribution in [0.5, 0.6) is 0 Å². The SMILES string of the molecule is CCn1nccc1C(N)C1(c2ccccc2)CC1. The van der Waals surface area contributed by atoms with E-state index in [1.165, 1.54) is 18.4 Å². The molecular weight excluding hydrogens is 222 g/mol. The van der Waals surface area contributed by atoms with Crippen molar-refractivity contribution in [1.29, 1.82) is 0 Å². The van der Waals surface area contributed by atoms with Gasteiger partial charge in [-0.15, -0.1) is 0 Å². The summed E-state index contributed by atoms with van der Waals surface area (Å²) in [5, 5.41) is 4.33. The monoisotopic (exact) mass is 241 g/mol. The molecule has 1 aromatic carbocycles. The number of hydrogen-bond donors (Lipinski definition) is 1. The fraction of sp³-hybridized carbons (Fsp3) is 0.400. The van der Waals surface area contributed by atoms with Gasteiger partial charge in [-0.1, -0.05) is 30.3 Å². The molecule has 0 spiro atoms. The Labute approximate surface area is 108 Å². The Morgan fingerprint density at radius 3 is 2.61 bits per heavy atom. The molecule has 0 radical (unpaired) electrons. The Hall–Kier alpha value is -1.61. The Balaban J connectivity index is 1.96. The molecule has 1 unspecified atom stereocenters. The van der Waals surface area contributed by atoms with E-state index in [0.29, 0.717) is 0 Å². The largest absolute Gasteiger partial charge is 0.322 e. The Bertz CT molecular complexity index is 526. The lowest BCUT2D eigenvalue weighted by atomic mass is 9.86. The molecule has 94 valence electrons. The van der Waals surface area contributed by atoms with Crippen LogP contribution in [0.25, 0.3) is 0 Å². The third-order valence-corrected chi connectivity index (χ3v) is 4.10. The van der Waals surface area contributed by atoms with Gasteiger partial charge in [0.2, 0.25) is 0 Å². The van der Waals surface area contributed by atoms with Crippen molar-refractivity contribution in [3.63, 3.8) is 0 Å². The number of nitrogens with zero attached hydrogens (tertiary/aromatic N) is 2. The molecule has 1 aromatic heterocycles. The minimum absolute atomic E-state index is 0.0438. The van der Waals surface area contributed by atoms with E-state index in [-0.39, 0.29) is 11.5 Å². The van der Waals surface area contributed by atoms with Crippen molar-refractivity contribution in [2.75, 3.05) is 0 Å². The zero-order valence-electron chi connectivity index (χ0n) is 10.7. The summed E-state index contributed by atoms with van der Waals surface area (Å²) in [7, 11) is 0. The standard InChI is InChI=1S/C15H19N3/c1-2-18-13(8-11-17-18)14(16)15(9-10-15)12-6-4-3-5-7-12/h3-8,11,14H,2,9-10,16H2,1H3. The van der Waals surface area contributed by atoms with E-state index >= 15 is 0 Å². The zero-order chi connectivity index (χ0) is 12.6. The van der Waals surface area contributed by atoms with Gasteiger partial charge in [0.1, 0.15) is 0 Å². The molecule has 1 fully saturated rings. The normalized spacial score (nSPS) is 18.6. The molecule has 18 heavy (non-hydrogen) atoms. The van der Waals surface area contributed by atoms with Crippen molar-refractivity contribution < 1.29 is 0 Å². The minimum Gasteiger partial charge on any atom is -0.322 e. The highest BCUT2D eigenvalue weighted by molar-refractivity contribution is 5.36. The first-order valence-electron chi connectivity index (χ1n) is 6.61. The molecule has 1 saturated carbocycles. The summed E-state index contributed by atoms with van der Waals surface area (Å²) in [4.78, 5) is 0. The van der Waals surface area contributed by atoms with E-state index in [2.05, 4.69) is 48.4 Å². The van der Waals surface area contributed by atoms with Crippen LogP contribution in [0.1, 0.15) is 37.1 Å². The summed E-state index contributed by atoms with van der Waals surface area (Å²) in [6.07, 6.45) is 4.19. The molecule has 0 bridgehead atoms. The Kier molecular flexibility index (Phi) is 2.71. The second kappa shape index (κ2) is 4.25. The highest BCUT2D eigenvalue weighted by Gasteiger charge is 2.50. The second-order valence-electron chi connectivity index (χ2n) is 5.07. The van der Waals surface area contributed by atoms with Gasteiger partial charge in [0.25, 0.3) is 0 Å². The fourth-order valence-electron chi connectivity index (χ4n) is 2.84.